The van der Waals surface area contributed by atoms with Crippen LogP contribution in [0.4, 0.5) is 5.13 Å². The largest absolute Gasteiger partial charge is 0.497 e. The number of aromatic nitrogens is 1. The van der Waals surface area contributed by atoms with Crippen molar-refractivity contribution in [1.82, 2.24) is 9.29 Å². The van der Waals surface area contributed by atoms with Gasteiger partial charge in [0.05, 0.1) is 17.9 Å². The van der Waals surface area contributed by atoms with Crippen LogP contribution in [0.3, 0.4) is 0 Å². The Labute approximate surface area is 163 Å². The van der Waals surface area contributed by atoms with Gasteiger partial charge in [0.1, 0.15) is 5.75 Å². The topological polar surface area (TPSA) is 88.6 Å². The van der Waals surface area contributed by atoms with Crippen molar-refractivity contribution >= 4 is 32.4 Å². The van der Waals surface area contributed by atoms with E-state index < -0.39 is 15.9 Å². The number of carbonyl (C=O) groups is 1. The molecule has 1 aromatic heterocycles. The lowest BCUT2D eigenvalue weighted by molar-refractivity contribution is -0.120. The van der Waals surface area contributed by atoms with E-state index in [1.54, 1.807) is 44.7 Å². The number of anilines is 1. The van der Waals surface area contributed by atoms with Gasteiger partial charge in [-0.25, -0.2) is 13.4 Å². The minimum Gasteiger partial charge on any atom is -0.497 e. The Bertz CT molecular complexity index is 903. The lowest BCUT2D eigenvalue weighted by Crippen LogP contribution is -2.44. The maximum absolute atomic E-state index is 13.3. The van der Waals surface area contributed by atoms with Gasteiger partial charge in [-0.05, 0) is 49.9 Å². The molecule has 1 N–H and O–H groups in total. The summed E-state index contributed by atoms with van der Waals surface area (Å²) in [6, 6.07) is 3.44. The van der Waals surface area contributed by atoms with Crippen molar-refractivity contribution in [1.29, 1.82) is 0 Å². The molecule has 1 amide bonds. The number of methoxy groups -OCH3 is 1. The molecular weight excluding hydrogens is 386 g/mol. The van der Waals surface area contributed by atoms with Gasteiger partial charge in [-0.15, -0.1) is 11.3 Å². The normalized spacial score (nSPS) is 18.3. The van der Waals surface area contributed by atoms with Crippen LogP contribution in [0.25, 0.3) is 0 Å². The number of ether oxygens (including phenoxy) is 1. The van der Waals surface area contributed by atoms with E-state index in [4.69, 9.17) is 4.74 Å². The summed E-state index contributed by atoms with van der Waals surface area (Å²) in [4.78, 5) is 16.9. The molecule has 1 atom stereocenters. The van der Waals surface area contributed by atoms with Crippen LogP contribution in [0.15, 0.2) is 28.6 Å². The molecule has 1 fully saturated rings. The number of rotatable bonds is 5. The Balaban J connectivity index is 1.82. The molecule has 3 rings (SSSR count). The van der Waals surface area contributed by atoms with Crippen molar-refractivity contribution < 1.29 is 17.9 Å². The monoisotopic (exact) mass is 409 g/mol. The Kier molecular flexibility index (Phi) is 5.83. The summed E-state index contributed by atoms with van der Waals surface area (Å²) in [5.41, 5.74) is 1.28. The minimum absolute atomic E-state index is 0.171. The number of piperidine rings is 1. The highest BCUT2D eigenvalue weighted by Gasteiger charge is 2.35. The van der Waals surface area contributed by atoms with E-state index in [1.165, 1.54) is 15.6 Å². The fourth-order valence-corrected chi connectivity index (χ4v) is 5.90. The third kappa shape index (κ3) is 4.15. The second-order valence-corrected chi connectivity index (χ2v) is 9.39. The Morgan fingerprint density at radius 1 is 1.33 bits per heavy atom. The summed E-state index contributed by atoms with van der Waals surface area (Å²) >= 11 is 1.34. The molecule has 2 heterocycles. The van der Waals surface area contributed by atoms with Gasteiger partial charge in [0.2, 0.25) is 15.9 Å². The lowest BCUT2D eigenvalue weighted by atomic mass is 9.99. The standard InChI is InChI=1S/C18H23N3O4S2/c1-12-9-15(25-3)10-13(2)16(12)27(23,24)21-7-4-5-14(11-21)17(22)20-18-19-6-8-26-18/h6,8-10,14H,4-5,7,11H2,1-3H3,(H,19,20,22). The summed E-state index contributed by atoms with van der Waals surface area (Å²) < 4.78 is 33.2. The fraction of sp³-hybridized carbons (Fsp3) is 0.444. The van der Waals surface area contributed by atoms with E-state index >= 15 is 0 Å². The second-order valence-electron chi connectivity index (χ2n) is 6.62. The second kappa shape index (κ2) is 7.95. The molecule has 2 aromatic rings. The Morgan fingerprint density at radius 3 is 2.63 bits per heavy atom. The van der Waals surface area contributed by atoms with E-state index in [-0.39, 0.29) is 12.5 Å². The van der Waals surface area contributed by atoms with Gasteiger partial charge in [0, 0.05) is 24.7 Å². The van der Waals surface area contributed by atoms with E-state index in [9.17, 15) is 13.2 Å². The van der Waals surface area contributed by atoms with E-state index in [0.717, 1.165) is 0 Å². The van der Waals surface area contributed by atoms with E-state index in [1.807, 2.05) is 0 Å². The van der Waals surface area contributed by atoms with Crippen LogP contribution in [0.1, 0.15) is 24.0 Å². The molecule has 9 heteroatoms. The summed E-state index contributed by atoms with van der Waals surface area (Å²) in [6.07, 6.45) is 2.92. The molecule has 1 aliphatic heterocycles. The molecule has 1 aromatic carbocycles. The number of hydrogen-bond acceptors (Lipinski definition) is 6. The molecule has 0 radical (unpaired) electrons. The third-order valence-electron chi connectivity index (χ3n) is 4.68. The number of hydrogen-bond donors (Lipinski definition) is 1. The zero-order valence-corrected chi connectivity index (χ0v) is 17.2. The number of aryl methyl sites for hydroxylation is 2. The first-order valence-corrected chi connectivity index (χ1v) is 11.0. The van der Waals surface area contributed by atoms with Gasteiger partial charge < -0.3 is 10.1 Å². The molecule has 0 saturated carbocycles. The number of nitrogens with one attached hydrogen (secondary N) is 1. The Hall–Kier alpha value is -1.97. The first-order chi connectivity index (χ1) is 12.8. The number of sulfonamides is 1. The lowest BCUT2D eigenvalue weighted by Gasteiger charge is -2.32. The van der Waals surface area contributed by atoms with Gasteiger partial charge in [-0.2, -0.15) is 4.31 Å². The fourth-order valence-electron chi connectivity index (χ4n) is 3.43. The molecule has 1 aliphatic rings. The molecule has 0 bridgehead atoms. The van der Waals surface area contributed by atoms with Crippen LogP contribution in [0.5, 0.6) is 5.75 Å². The number of nitrogens with zero attached hydrogens (tertiary/aromatic N) is 2. The predicted octanol–water partition coefficient (Wildman–Crippen LogP) is 2.81. The molecule has 0 spiro atoms. The summed E-state index contributed by atoms with van der Waals surface area (Å²) in [5.74, 6) is 0.0487. The van der Waals surface area contributed by atoms with Crippen LogP contribution in [0.2, 0.25) is 0 Å². The van der Waals surface area contributed by atoms with Crippen molar-refractivity contribution in [2.75, 3.05) is 25.5 Å². The van der Waals surface area contributed by atoms with E-state index in [2.05, 4.69) is 10.3 Å². The van der Waals surface area contributed by atoms with Crippen molar-refractivity contribution in [3.8, 4) is 5.75 Å². The van der Waals surface area contributed by atoms with Gasteiger partial charge >= 0.3 is 0 Å². The molecule has 146 valence electrons. The number of benzene rings is 1. The maximum atomic E-state index is 13.3. The first-order valence-electron chi connectivity index (χ1n) is 8.68. The number of amides is 1. The van der Waals surface area contributed by atoms with Crippen LogP contribution >= 0.6 is 11.3 Å². The Morgan fingerprint density at radius 2 is 2.04 bits per heavy atom. The zero-order chi connectivity index (χ0) is 19.6. The van der Waals surface area contributed by atoms with Crippen molar-refractivity contribution in [2.24, 2.45) is 5.92 Å². The zero-order valence-electron chi connectivity index (χ0n) is 15.6. The van der Waals surface area contributed by atoms with Crippen molar-refractivity contribution in [2.45, 2.75) is 31.6 Å². The van der Waals surface area contributed by atoms with Crippen LogP contribution < -0.4 is 10.1 Å². The highest BCUT2D eigenvalue weighted by molar-refractivity contribution is 7.89. The highest BCUT2D eigenvalue weighted by Crippen LogP contribution is 2.31. The molecule has 1 saturated heterocycles. The van der Waals surface area contributed by atoms with Crippen LogP contribution in [0, 0.1) is 19.8 Å². The molecular formula is C18H23N3O4S2. The molecule has 7 nitrogen and oxygen atoms in total. The van der Waals surface area contributed by atoms with Crippen molar-refractivity contribution in [3.05, 3.63) is 34.8 Å². The quantitative estimate of drug-likeness (QED) is 0.820. The summed E-state index contributed by atoms with van der Waals surface area (Å²) in [6.45, 7) is 4.11. The van der Waals surface area contributed by atoms with Crippen LogP contribution in [-0.2, 0) is 14.8 Å². The van der Waals surface area contributed by atoms with Gasteiger partial charge in [-0.1, -0.05) is 0 Å². The van der Waals surface area contributed by atoms with Gasteiger partial charge in [0.25, 0.3) is 0 Å². The van der Waals surface area contributed by atoms with Crippen LogP contribution in [-0.4, -0.2) is 43.8 Å². The molecule has 1 unspecified atom stereocenters. The minimum atomic E-state index is -3.69. The smallest absolute Gasteiger partial charge is 0.243 e. The molecule has 27 heavy (non-hydrogen) atoms. The maximum Gasteiger partial charge on any atom is 0.243 e. The molecule has 0 aliphatic carbocycles. The summed E-state index contributed by atoms with van der Waals surface area (Å²) in [5, 5.41) is 5.08. The average Bonchev–Trinajstić information content (AvgIpc) is 3.14. The third-order valence-corrected chi connectivity index (χ3v) is 7.54. The average molecular weight is 410 g/mol. The van der Waals surface area contributed by atoms with Crippen molar-refractivity contribution in [3.63, 3.8) is 0 Å². The highest BCUT2D eigenvalue weighted by atomic mass is 32.2. The first kappa shape index (κ1) is 19.8. The number of thiazole rings is 1. The predicted molar refractivity (Wildman–Crippen MR) is 105 cm³/mol. The SMILES string of the molecule is COc1cc(C)c(S(=O)(=O)N2CCCC(C(=O)Nc3nccs3)C2)c(C)c1. The van der Waals surface area contributed by atoms with E-state index in [0.29, 0.717) is 46.3 Å². The number of carbonyl (C=O) groups excluding carboxylic acids is 1. The van der Waals surface area contributed by atoms with Gasteiger partial charge in [-0.3, -0.25) is 4.79 Å². The summed E-state index contributed by atoms with van der Waals surface area (Å²) in [7, 11) is -2.14. The van der Waals surface area contributed by atoms with Gasteiger partial charge in [0.15, 0.2) is 5.13 Å².